The zero-order chi connectivity index (χ0) is 14.6. The molecular formula is C15H26N4O. The van der Waals surface area contributed by atoms with E-state index in [4.69, 9.17) is 4.74 Å². The van der Waals surface area contributed by atoms with E-state index in [1.165, 1.54) is 12.8 Å². The summed E-state index contributed by atoms with van der Waals surface area (Å²) in [6.45, 7) is 8.80. The van der Waals surface area contributed by atoms with Crippen molar-refractivity contribution in [3.05, 3.63) is 17.8 Å². The minimum Gasteiger partial charge on any atom is -0.383 e. The lowest BCUT2D eigenvalue weighted by Crippen LogP contribution is -2.35. The Morgan fingerprint density at radius 2 is 2.05 bits per heavy atom. The average Bonchev–Trinajstić information content (AvgIpc) is 3.22. The highest BCUT2D eigenvalue weighted by Crippen LogP contribution is 2.29. The molecule has 1 aromatic rings. The molecule has 1 heterocycles. The number of hydrogen-bond acceptors (Lipinski definition) is 5. The van der Waals surface area contributed by atoms with E-state index in [9.17, 15) is 0 Å². The van der Waals surface area contributed by atoms with Gasteiger partial charge >= 0.3 is 0 Å². The first-order valence-corrected chi connectivity index (χ1v) is 7.33. The molecule has 0 amide bonds. The number of nitrogens with zero attached hydrogens (tertiary/aromatic N) is 3. The summed E-state index contributed by atoms with van der Waals surface area (Å²) in [6, 6.07) is 4.75. The number of methoxy groups -OCH3 is 1. The summed E-state index contributed by atoms with van der Waals surface area (Å²) in [6.07, 6.45) is 2.50. The number of ether oxygens (including phenoxy) is 1. The van der Waals surface area contributed by atoms with Gasteiger partial charge < -0.3 is 15.0 Å². The van der Waals surface area contributed by atoms with Crippen LogP contribution in [0.15, 0.2) is 12.1 Å². The minimum absolute atomic E-state index is 0.0961. The molecule has 1 N–H and O–H groups in total. The summed E-state index contributed by atoms with van der Waals surface area (Å²) >= 11 is 0. The molecule has 0 unspecified atom stereocenters. The summed E-state index contributed by atoms with van der Waals surface area (Å²) in [5, 5.41) is 12.1. The summed E-state index contributed by atoms with van der Waals surface area (Å²) in [4.78, 5) is 2.30. The van der Waals surface area contributed by atoms with Crippen LogP contribution in [0.4, 0.5) is 5.82 Å². The van der Waals surface area contributed by atoms with Gasteiger partial charge in [0.05, 0.1) is 12.3 Å². The maximum absolute atomic E-state index is 5.17. The van der Waals surface area contributed by atoms with Crippen LogP contribution < -0.4 is 10.2 Å². The van der Waals surface area contributed by atoms with E-state index in [2.05, 4.69) is 53.3 Å². The number of anilines is 1. The third kappa shape index (κ3) is 4.72. The average molecular weight is 278 g/mol. The Morgan fingerprint density at radius 1 is 1.30 bits per heavy atom. The second-order valence-corrected chi connectivity index (χ2v) is 6.40. The molecule has 0 bridgehead atoms. The summed E-state index contributed by atoms with van der Waals surface area (Å²) in [5.41, 5.74) is 1.07. The monoisotopic (exact) mass is 278 g/mol. The van der Waals surface area contributed by atoms with Crippen LogP contribution in [0.25, 0.3) is 0 Å². The Bertz CT molecular complexity index is 409. The van der Waals surface area contributed by atoms with E-state index >= 15 is 0 Å². The van der Waals surface area contributed by atoms with Crippen LogP contribution in [0.3, 0.4) is 0 Å². The Labute approximate surface area is 121 Å². The Kier molecular flexibility index (Phi) is 4.94. The van der Waals surface area contributed by atoms with E-state index in [0.29, 0.717) is 6.04 Å². The van der Waals surface area contributed by atoms with Crippen LogP contribution in [-0.4, -0.2) is 42.0 Å². The molecule has 0 aromatic carbocycles. The van der Waals surface area contributed by atoms with E-state index in [1.807, 2.05) is 0 Å². The lowest BCUT2D eigenvalue weighted by Gasteiger charge is -2.23. The number of aromatic nitrogens is 2. The zero-order valence-electron chi connectivity index (χ0n) is 13.0. The maximum atomic E-state index is 5.17. The van der Waals surface area contributed by atoms with Crippen molar-refractivity contribution in [1.29, 1.82) is 0 Å². The van der Waals surface area contributed by atoms with Gasteiger partial charge in [0.25, 0.3) is 0 Å². The largest absolute Gasteiger partial charge is 0.383 e. The molecular weight excluding hydrogens is 252 g/mol. The van der Waals surface area contributed by atoms with Crippen LogP contribution in [0, 0.1) is 0 Å². The topological polar surface area (TPSA) is 50.3 Å². The predicted octanol–water partition coefficient (Wildman–Crippen LogP) is 1.98. The molecule has 1 aliphatic carbocycles. The first kappa shape index (κ1) is 15.2. The molecule has 5 nitrogen and oxygen atoms in total. The molecule has 0 radical (unpaired) electrons. The van der Waals surface area contributed by atoms with E-state index in [-0.39, 0.29) is 5.54 Å². The first-order valence-electron chi connectivity index (χ1n) is 7.33. The molecule has 5 heteroatoms. The van der Waals surface area contributed by atoms with Crippen molar-refractivity contribution in [3.8, 4) is 0 Å². The fraction of sp³-hybridized carbons (Fsp3) is 0.733. The molecule has 1 saturated carbocycles. The normalized spacial score (nSPS) is 15.4. The molecule has 0 saturated heterocycles. The van der Waals surface area contributed by atoms with Crippen molar-refractivity contribution in [3.63, 3.8) is 0 Å². The number of nitrogens with one attached hydrogen (secondary N) is 1. The fourth-order valence-corrected chi connectivity index (χ4v) is 2.02. The molecule has 0 atom stereocenters. The highest BCUT2D eigenvalue weighted by Gasteiger charge is 2.29. The van der Waals surface area contributed by atoms with Crippen LogP contribution in [-0.2, 0) is 11.3 Å². The number of rotatable bonds is 7. The summed E-state index contributed by atoms with van der Waals surface area (Å²) in [7, 11) is 1.73. The van der Waals surface area contributed by atoms with Gasteiger partial charge in [0, 0.05) is 31.8 Å². The first-order chi connectivity index (χ1) is 9.49. The highest BCUT2D eigenvalue weighted by molar-refractivity contribution is 5.40. The SMILES string of the molecule is COCCN(c1ccc(CNC(C)(C)C)nn1)C1CC1. The lowest BCUT2D eigenvalue weighted by molar-refractivity contribution is 0.204. The molecule has 2 rings (SSSR count). The van der Waals surface area contributed by atoms with E-state index in [1.54, 1.807) is 7.11 Å². The molecule has 20 heavy (non-hydrogen) atoms. The fourth-order valence-electron chi connectivity index (χ4n) is 2.02. The van der Waals surface area contributed by atoms with E-state index in [0.717, 1.165) is 31.2 Å². The second kappa shape index (κ2) is 6.50. The molecule has 0 aliphatic heterocycles. The van der Waals surface area contributed by atoms with Gasteiger partial charge in [-0.05, 0) is 45.7 Å². The molecule has 1 fully saturated rings. The third-order valence-corrected chi connectivity index (χ3v) is 3.32. The minimum atomic E-state index is 0.0961. The van der Waals surface area contributed by atoms with Gasteiger partial charge in [-0.15, -0.1) is 5.10 Å². The van der Waals surface area contributed by atoms with Crippen LogP contribution in [0.2, 0.25) is 0 Å². The van der Waals surface area contributed by atoms with Crippen molar-refractivity contribution in [2.24, 2.45) is 0 Å². The van der Waals surface area contributed by atoms with Gasteiger partial charge in [0.15, 0.2) is 5.82 Å². The van der Waals surface area contributed by atoms with Crippen molar-refractivity contribution in [2.45, 2.75) is 51.7 Å². The summed E-state index contributed by atoms with van der Waals surface area (Å²) < 4.78 is 5.17. The van der Waals surface area contributed by atoms with Crippen LogP contribution in [0.1, 0.15) is 39.3 Å². The number of hydrogen-bond donors (Lipinski definition) is 1. The quantitative estimate of drug-likeness (QED) is 0.826. The molecule has 1 aliphatic rings. The van der Waals surface area contributed by atoms with Crippen LogP contribution >= 0.6 is 0 Å². The molecule has 0 spiro atoms. The van der Waals surface area contributed by atoms with Crippen molar-refractivity contribution >= 4 is 5.82 Å². The van der Waals surface area contributed by atoms with Crippen molar-refractivity contribution in [2.75, 3.05) is 25.2 Å². The van der Waals surface area contributed by atoms with Gasteiger partial charge in [-0.3, -0.25) is 0 Å². The Hall–Kier alpha value is -1.20. The molecule has 112 valence electrons. The Morgan fingerprint density at radius 3 is 2.55 bits per heavy atom. The second-order valence-electron chi connectivity index (χ2n) is 6.40. The van der Waals surface area contributed by atoms with Gasteiger partial charge in [-0.2, -0.15) is 5.10 Å². The standard InChI is InChI=1S/C15H26N4O/c1-15(2,3)16-11-12-5-8-14(18-17-12)19(9-10-20-4)13-6-7-13/h5,8,13,16H,6-7,9-11H2,1-4H3. The summed E-state index contributed by atoms with van der Waals surface area (Å²) in [5.74, 6) is 0.962. The molecule has 1 aromatic heterocycles. The smallest absolute Gasteiger partial charge is 0.151 e. The lowest BCUT2D eigenvalue weighted by atomic mass is 10.1. The van der Waals surface area contributed by atoms with Gasteiger partial charge in [0.2, 0.25) is 0 Å². The maximum Gasteiger partial charge on any atom is 0.151 e. The predicted molar refractivity (Wildman–Crippen MR) is 80.9 cm³/mol. The van der Waals surface area contributed by atoms with Gasteiger partial charge in [0.1, 0.15) is 0 Å². The highest BCUT2D eigenvalue weighted by atomic mass is 16.5. The van der Waals surface area contributed by atoms with Gasteiger partial charge in [-0.1, -0.05) is 0 Å². The van der Waals surface area contributed by atoms with Crippen molar-refractivity contribution < 1.29 is 4.74 Å². The Balaban J connectivity index is 1.95. The zero-order valence-corrected chi connectivity index (χ0v) is 13.0. The van der Waals surface area contributed by atoms with Crippen molar-refractivity contribution in [1.82, 2.24) is 15.5 Å². The van der Waals surface area contributed by atoms with Gasteiger partial charge in [-0.25, -0.2) is 0 Å². The van der Waals surface area contributed by atoms with Crippen LogP contribution in [0.5, 0.6) is 0 Å². The van der Waals surface area contributed by atoms with E-state index < -0.39 is 0 Å². The third-order valence-electron chi connectivity index (χ3n) is 3.32.